The average Bonchev–Trinajstić information content (AvgIpc) is 3.40. The Morgan fingerprint density at radius 1 is 0.559 bits per heavy atom. The van der Waals surface area contributed by atoms with Crippen molar-refractivity contribution in [3.63, 3.8) is 0 Å². The van der Waals surface area contributed by atoms with Crippen molar-refractivity contribution in [1.82, 2.24) is 35.3 Å². The van der Waals surface area contributed by atoms with Gasteiger partial charge in [-0.3, -0.25) is 9.97 Å². The quantitative estimate of drug-likeness (QED) is 0.327. The van der Waals surface area contributed by atoms with Gasteiger partial charge in [0.2, 0.25) is 5.82 Å². The summed E-state index contributed by atoms with van der Waals surface area (Å²) >= 11 is 0. The first-order valence-corrected chi connectivity index (χ1v) is 10.3. The van der Waals surface area contributed by atoms with Crippen LogP contribution in [0.25, 0.3) is 44.8 Å². The van der Waals surface area contributed by atoms with Crippen LogP contribution in [0.1, 0.15) is 0 Å². The molecule has 0 amide bonds. The Balaban J connectivity index is 0.000000159. The molecule has 0 spiro atoms. The van der Waals surface area contributed by atoms with Gasteiger partial charge in [-0.15, -0.1) is 25.9 Å². The van der Waals surface area contributed by atoms with Crippen molar-refractivity contribution in [3.05, 3.63) is 110 Å². The van der Waals surface area contributed by atoms with Gasteiger partial charge < -0.3 is 4.98 Å². The Hall–Kier alpha value is -4.26. The van der Waals surface area contributed by atoms with E-state index >= 15 is 0 Å². The van der Waals surface area contributed by atoms with Crippen molar-refractivity contribution in [3.8, 4) is 33.9 Å². The Bertz CT molecular complexity index is 1400. The number of nitrogens with zero attached hydrogens (tertiary/aromatic N) is 7. The molecule has 6 aromatic rings. The van der Waals surface area contributed by atoms with Crippen LogP contribution in [0.4, 0.5) is 0 Å². The number of aromatic nitrogens is 7. The van der Waals surface area contributed by atoms with E-state index in [1.54, 1.807) is 6.20 Å². The van der Waals surface area contributed by atoms with Crippen molar-refractivity contribution in [2.45, 2.75) is 0 Å². The molecule has 0 aliphatic carbocycles. The molecule has 0 bridgehead atoms. The van der Waals surface area contributed by atoms with E-state index in [1.165, 1.54) is 6.33 Å². The van der Waals surface area contributed by atoms with Crippen molar-refractivity contribution in [1.29, 1.82) is 0 Å². The summed E-state index contributed by atoms with van der Waals surface area (Å²) in [6.07, 6.45) is 6.69. The van der Waals surface area contributed by atoms with Crippen LogP contribution >= 0.6 is 0 Å². The Morgan fingerprint density at radius 3 is 1.74 bits per heavy atom. The van der Waals surface area contributed by atoms with Gasteiger partial charge in [-0.1, -0.05) is 60.7 Å². The third kappa shape index (κ3) is 5.04. The molecule has 0 saturated heterocycles. The topological polar surface area (TPSA) is 91.4 Å². The van der Waals surface area contributed by atoms with E-state index in [4.69, 9.17) is 0 Å². The van der Waals surface area contributed by atoms with Crippen LogP contribution in [0.3, 0.4) is 0 Å². The van der Waals surface area contributed by atoms with E-state index in [0.29, 0.717) is 5.82 Å². The summed E-state index contributed by atoms with van der Waals surface area (Å²) in [6, 6.07) is 27.9. The van der Waals surface area contributed by atoms with Gasteiger partial charge in [0.25, 0.3) is 0 Å². The molecular weight excluding hydrogens is 474 g/mol. The summed E-state index contributed by atoms with van der Waals surface area (Å²) in [4.78, 5) is 13.1. The van der Waals surface area contributed by atoms with E-state index in [0.717, 1.165) is 39.0 Å². The number of para-hydroxylation sites is 1. The first-order chi connectivity index (χ1) is 16.4. The third-order valence-corrected chi connectivity index (χ3v) is 4.98. The summed E-state index contributed by atoms with van der Waals surface area (Å²) in [7, 11) is 0. The molecule has 7 nitrogen and oxygen atoms in total. The zero-order chi connectivity index (χ0) is 22.3. The van der Waals surface area contributed by atoms with E-state index < -0.39 is 0 Å². The van der Waals surface area contributed by atoms with Crippen molar-refractivity contribution < 1.29 is 17.1 Å². The van der Waals surface area contributed by atoms with E-state index in [-0.39, 0.29) is 17.1 Å². The number of pyridine rings is 2. The summed E-state index contributed by atoms with van der Waals surface area (Å²) in [5, 5.41) is 16.3. The molecule has 0 radical (unpaired) electrons. The smallest absolute Gasteiger partial charge is 0.663 e. The minimum absolute atomic E-state index is 0. The number of rotatable bonds is 3. The monoisotopic (exact) mass is 491 g/mol. The minimum atomic E-state index is 0. The van der Waals surface area contributed by atoms with E-state index in [2.05, 4.69) is 47.5 Å². The van der Waals surface area contributed by atoms with Gasteiger partial charge in [0.1, 0.15) is 0 Å². The number of hydrogen-bond acceptors (Lipinski definition) is 6. The molecule has 2 aromatic carbocycles. The average molecular weight is 492 g/mol. The van der Waals surface area contributed by atoms with Crippen LogP contribution in [0.5, 0.6) is 0 Å². The Morgan fingerprint density at radius 2 is 1.15 bits per heavy atom. The van der Waals surface area contributed by atoms with E-state index in [9.17, 15) is 0 Å². The molecule has 168 valence electrons. The molecule has 4 aromatic heterocycles. The maximum Gasteiger partial charge on any atom is 1.00 e. The second kappa shape index (κ2) is 11.0. The fourth-order valence-corrected chi connectivity index (χ4v) is 3.50. The largest absolute Gasteiger partial charge is 1.00 e. The normalized spacial score (nSPS) is 10.1. The molecule has 8 heteroatoms. The van der Waals surface area contributed by atoms with Crippen LogP contribution < -0.4 is 4.98 Å². The maximum atomic E-state index is 4.41. The zero-order valence-electron chi connectivity index (χ0n) is 17.8. The molecular formula is C26H18CuN7. The Labute approximate surface area is 206 Å². The van der Waals surface area contributed by atoms with Crippen molar-refractivity contribution in [2.75, 3.05) is 0 Å². The fourth-order valence-electron chi connectivity index (χ4n) is 3.50. The number of hydrogen-bond donors (Lipinski definition) is 0. The second-order valence-electron chi connectivity index (χ2n) is 7.03. The molecule has 34 heavy (non-hydrogen) atoms. The first-order valence-electron chi connectivity index (χ1n) is 10.3. The SMILES string of the molecule is [Cu+].c1cc(-c2nncnn2)c2[n-]ccc2c1.c1ccc(-c2ccccc2-c2ccccn2)nc1. The molecule has 0 fully saturated rings. The van der Waals surface area contributed by atoms with Gasteiger partial charge in [0.05, 0.1) is 11.4 Å². The molecule has 0 aliphatic rings. The van der Waals surface area contributed by atoms with Gasteiger partial charge in [-0.2, -0.15) is 6.20 Å². The third-order valence-electron chi connectivity index (χ3n) is 4.98. The summed E-state index contributed by atoms with van der Waals surface area (Å²) < 4.78 is 0. The standard InChI is InChI=1S/C16H12N2.C10H6N5.Cu/c1-2-8-14(16-10-4-6-12-18-16)13(7-1)15-9-3-5-11-17-15;1-2-7-4-5-11-9(7)8(3-1)10-14-12-6-13-15-10;/h1-12H;1-6H;/q;-1;+1. The van der Waals surface area contributed by atoms with Crippen LogP contribution in [-0.2, 0) is 17.1 Å². The number of benzene rings is 2. The molecule has 0 unspecified atom stereocenters. The second-order valence-corrected chi connectivity index (χ2v) is 7.03. The van der Waals surface area contributed by atoms with Gasteiger partial charge >= 0.3 is 17.1 Å². The van der Waals surface area contributed by atoms with E-state index in [1.807, 2.05) is 85.2 Å². The summed E-state index contributed by atoms with van der Waals surface area (Å²) in [5.74, 6) is 0.502. The van der Waals surface area contributed by atoms with Gasteiger partial charge in [-0.05, 0) is 29.7 Å². The van der Waals surface area contributed by atoms with Gasteiger partial charge in [-0.25, -0.2) is 0 Å². The van der Waals surface area contributed by atoms with Gasteiger partial charge in [0, 0.05) is 29.1 Å². The van der Waals surface area contributed by atoms with Crippen LogP contribution in [-0.4, -0.2) is 30.4 Å². The molecule has 0 N–H and O–H groups in total. The van der Waals surface area contributed by atoms with Gasteiger partial charge in [0.15, 0.2) is 6.33 Å². The fraction of sp³-hybridized carbons (Fsp3) is 0. The predicted molar refractivity (Wildman–Crippen MR) is 127 cm³/mol. The Kier molecular flexibility index (Phi) is 7.45. The minimum Gasteiger partial charge on any atom is -0.663 e. The zero-order valence-corrected chi connectivity index (χ0v) is 18.8. The van der Waals surface area contributed by atoms with Crippen LogP contribution in [0, 0.1) is 0 Å². The molecule has 0 saturated carbocycles. The van der Waals surface area contributed by atoms with Crippen LogP contribution in [0.2, 0.25) is 0 Å². The summed E-state index contributed by atoms with van der Waals surface area (Å²) in [5.41, 5.74) is 5.90. The molecule has 4 heterocycles. The molecule has 6 rings (SSSR count). The summed E-state index contributed by atoms with van der Waals surface area (Å²) in [6.45, 7) is 0. The predicted octanol–water partition coefficient (Wildman–Crippen LogP) is 4.85. The van der Waals surface area contributed by atoms with Crippen LogP contribution in [0.15, 0.2) is 110 Å². The molecule has 0 aliphatic heterocycles. The van der Waals surface area contributed by atoms with Crippen molar-refractivity contribution in [2.24, 2.45) is 0 Å². The van der Waals surface area contributed by atoms with Crippen molar-refractivity contribution >= 4 is 10.9 Å². The maximum absolute atomic E-state index is 4.41. The first kappa shape index (κ1) is 22.9. The molecule has 0 atom stereocenters. The number of fused-ring (bicyclic) bond motifs is 1.